The molecule has 0 aliphatic rings. The summed E-state index contributed by atoms with van der Waals surface area (Å²) < 4.78 is 17.0. The number of carbonyl (C=O) groups excluding carboxylic acids is 1. The Labute approximate surface area is 155 Å². The molecule has 0 aliphatic carbocycles. The molecule has 0 spiro atoms. The van der Waals surface area contributed by atoms with Gasteiger partial charge in [-0.3, -0.25) is 9.59 Å². The van der Waals surface area contributed by atoms with Crippen LogP contribution in [0.15, 0.2) is 64.0 Å². The Bertz CT molecular complexity index is 933. The second-order valence-electron chi connectivity index (χ2n) is 5.57. The van der Waals surface area contributed by atoms with Crippen LogP contribution in [0.3, 0.4) is 0 Å². The first-order chi connectivity index (χ1) is 13.2. The van der Waals surface area contributed by atoms with Crippen molar-refractivity contribution in [3.8, 4) is 23.0 Å². The average Bonchev–Trinajstić information content (AvgIpc) is 3.22. The van der Waals surface area contributed by atoms with E-state index < -0.39 is 0 Å². The summed E-state index contributed by atoms with van der Waals surface area (Å²) in [5.41, 5.74) is 0.116. The molecule has 0 atom stereocenters. The molecule has 2 heterocycles. The number of amides is 1. The monoisotopic (exact) mass is 369 g/mol. The molecule has 0 saturated heterocycles. The molecule has 0 saturated carbocycles. The van der Waals surface area contributed by atoms with Gasteiger partial charge in [0.15, 0.2) is 5.76 Å². The normalized spacial score (nSPS) is 10.4. The zero-order valence-electron chi connectivity index (χ0n) is 14.8. The molecular formula is C19H19N3O5. The quantitative estimate of drug-likeness (QED) is 0.607. The molecule has 3 aromatic rings. The maximum atomic E-state index is 12.1. The van der Waals surface area contributed by atoms with E-state index in [1.54, 1.807) is 49.6 Å². The van der Waals surface area contributed by atoms with Crippen molar-refractivity contribution in [1.82, 2.24) is 15.1 Å². The molecule has 1 aromatic carbocycles. The minimum atomic E-state index is -0.366. The highest BCUT2D eigenvalue weighted by molar-refractivity contribution is 5.75. The van der Waals surface area contributed by atoms with Gasteiger partial charge in [0.25, 0.3) is 5.56 Å². The lowest BCUT2D eigenvalue weighted by molar-refractivity contribution is -0.122. The fraction of sp³-hybridized carbons (Fsp3) is 0.211. The Morgan fingerprint density at radius 3 is 2.63 bits per heavy atom. The third kappa shape index (κ3) is 4.97. The van der Waals surface area contributed by atoms with Gasteiger partial charge < -0.3 is 19.2 Å². The first kappa shape index (κ1) is 18.2. The number of carbonyl (C=O) groups is 1. The molecular weight excluding hydrogens is 350 g/mol. The van der Waals surface area contributed by atoms with Crippen molar-refractivity contribution in [3.63, 3.8) is 0 Å². The van der Waals surface area contributed by atoms with Crippen molar-refractivity contribution in [2.24, 2.45) is 0 Å². The summed E-state index contributed by atoms with van der Waals surface area (Å²) in [4.78, 5) is 23.9. The Balaban J connectivity index is 1.49. The number of hydrogen-bond acceptors (Lipinski definition) is 6. The fourth-order valence-corrected chi connectivity index (χ4v) is 2.34. The molecule has 2 aromatic heterocycles. The highest BCUT2D eigenvalue weighted by Gasteiger charge is 2.09. The van der Waals surface area contributed by atoms with Gasteiger partial charge in [-0.2, -0.15) is 5.10 Å². The topological polar surface area (TPSA) is 95.6 Å². The Hall–Kier alpha value is -3.55. The third-order valence-corrected chi connectivity index (χ3v) is 3.69. The standard InChI is InChI=1S/C19H19N3O5/c1-25-14-4-6-15(7-5-14)26-12-10-20-18(23)13-22-19(24)9-8-16(21-22)17-3-2-11-27-17/h2-9,11H,10,12-13H2,1H3,(H,20,23). The summed E-state index contributed by atoms with van der Waals surface area (Å²) in [5.74, 6) is 1.61. The molecule has 8 nitrogen and oxygen atoms in total. The van der Waals surface area contributed by atoms with Crippen LogP contribution in [0, 0.1) is 0 Å². The van der Waals surface area contributed by atoms with E-state index >= 15 is 0 Å². The van der Waals surface area contributed by atoms with Crippen LogP contribution in [-0.2, 0) is 11.3 Å². The highest BCUT2D eigenvalue weighted by atomic mass is 16.5. The maximum Gasteiger partial charge on any atom is 0.267 e. The summed E-state index contributed by atoms with van der Waals surface area (Å²) in [5, 5.41) is 6.85. The van der Waals surface area contributed by atoms with Crippen LogP contribution < -0.4 is 20.3 Å². The van der Waals surface area contributed by atoms with Gasteiger partial charge in [0.1, 0.15) is 30.3 Å². The number of nitrogens with zero attached hydrogens (tertiary/aromatic N) is 2. The average molecular weight is 369 g/mol. The SMILES string of the molecule is COc1ccc(OCCNC(=O)Cn2nc(-c3ccco3)ccc2=O)cc1. The number of benzene rings is 1. The predicted octanol–water partition coefficient (Wildman–Crippen LogP) is 1.71. The van der Waals surface area contributed by atoms with Crippen LogP contribution in [-0.4, -0.2) is 35.9 Å². The minimum Gasteiger partial charge on any atom is -0.497 e. The van der Waals surface area contributed by atoms with Crippen molar-refractivity contribution in [2.75, 3.05) is 20.3 Å². The summed E-state index contributed by atoms with van der Waals surface area (Å²) in [7, 11) is 1.59. The third-order valence-electron chi connectivity index (χ3n) is 3.69. The number of methoxy groups -OCH3 is 1. The zero-order chi connectivity index (χ0) is 19.1. The first-order valence-electron chi connectivity index (χ1n) is 8.31. The van der Waals surface area contributed by atoms with Gasteiger partial charge in [0, 0.05) is 6.07 Å². The van der Waals surface area contributed by atoms with Gasteiger partial charge in [-0.1, -0.05) is 0 Å². The van der Waals surface area contributed by atoms with Gasteiger partial charge in [0.2, 0.25) is 5.91 Å². The van der Waals surface area contributed by atoms with Gasteiger partial charge >= 0.3 is 0 Å². The lowest BCUT2D eigenvalue weighted by Crippen LogP contribution is -2.35. The Kier molecular flexibility index (Phi) is 5.88. The van der Waals surface area contributed by atoms with E-state index in [0.29, 0.717) is 30.4 Å². The first-order valence-corrected chi connectivity index (χ1v) is 8.31. The smallest absolute Gasteiger partial charge is 0.267 e. The predicted molar refractivity (Wildman–Crippen MR) is 97.7 cm³/mol. The number of rotatable bonds is 8. The Morgan fingerprint density at radius 1 is 1.15 bits per heavy atom. The molecule has 1 N–H and O–H groups in total. The summed E-state index contributed by atoms with van der Waals surface area (Å²) in [6.45, 7) is 0.417. The Morgan fingerprint density at radius 2 is 1.93 bits per heavy atom. The second-order valence-corrected chi connectivity index (χ2v) is 5.57. The molecule has 0 bridgehead atoms. The number of ether oxygens (including phenoxy) is 2. The molecule has 1 amide bonds. The van der Waals surface area contributed by atoms with Crippen molar-refractivity contribution >= 4 is 5.91 Å². The van der Waals surface area contributed by atoms with E-state index in [2.05, 4.69) is 10.4 Å². The lowest BCUT2D eigenvalue weighted by Gasteiger charge is -2.09. The van der Waals surface area contributed by atoms with Crippen molar-refractivity contribution < 1.29 is 18.7 Å². The summed E-state index contributed by atoms with van der Waals surface area (Å²) in [6, 6.07) is 13.5. The minimum absolute atomic E-state index is 0.185. The van der Waals surface area contributed by atoms with Gasteiger partial charge in [-0.25, -0.2) is 4.68 Å². The molecule has 140 valence electrons. The zero-order valence-corrected chi connectivity index (χ0v) is 14.8. The van der Waals surface area contributed by atoms with Crippen molar-refractivity contribution in [3.05, 3.63) is 65.1 Å². The molecule has 0 fully saturated rings. The van der Waals surface area contributed by atoms with E-state index in [9.17, 15) is 9.59 Å². The number of nitrogens with one attached hydrogen (secondary N) is 1. The van der Waals surface area contributed by atoms with Crippen LogP contribution >= 0.6 is 0 Å². The summed E-state index contributed by atoms with van der Waals surface area (Å²) >= 11 is 0. The second kappa shape index (κ2) is 8.70. The molecule has 0 radical (unpaired) electrons. The molecule has 3 rings (SSSR count). The molecule has 0 aliphatic heterocycles. The van der Waals surface area contributed by atoms with Gasteiger partial charge in [-0.05, 0) is 42.5 Å². The van der Waals surface area contributed by atoms with E-state index in [-0.39, 0.29) is 18.0 Å². The van der Waals surface area contributed by atoms with Crippen LogP contribution in [0.25, 0.3) is 11.5 Å². The number of hydrogen-bond donors (Lipinski definition) is 1. The molecule has 27 heavy (non-hydrogen) atoms. The highest BCUT2D eigenvalue weighted by Crippen LogP contribution is 2.17. The fourth-order valence-electron chi connectivity index (χ4n) is 2.34. The van der Waals surface area contributed by atoms with E-state index in [4.69, 9.17) is 13.9 Å². The van der Waals surface area contributed by atoms with Crippen LogP contribution in [0.5, 0.6) is 11.5 Å². The summed E-state index contributed by atoms with van der Waals surface area (Å²) in [6.07, 6.45) is 1.52. The lowest BCUT2D eigenvalue weighted by atomic mass is 10.3. The molecule has 0 unspecified atom stereocenters. The van der Waals surface area contributed by atoms with Gasteiger partial charge in [-0.15, -0.1) is 0 Å². The van der Waals surface area contributed by atoms with Crippen LogP contribution in [0.4, 0.5) is 0 Å². The maximum absolute atomic E-state index is 12.1. The largest absolute Gasteiger partial charge is 0.497 e. The van der Waals surface area contributed by atoms with E-state index in [1.807, 2.05) is 0 Å². The number of aromatic nitrogens is 2. The van der Waals surface area contributed by atoms with Crippen molar-refractivity contribution in [1.29, 1.82) is 0 Å². The van der Waals surface area contributed by atoms with E-state index in [0.717, 1.165) is 10.4 Å². The van der Waals surface area contributed by atoms with Crippen LogP contribution in [0.2, 0.25) is 0 Å². The van der Waals surface area contributed by atoms with E-state index in [1.165, 1.54) is 12.3 Å². The van der Waals surface area contributed by atoms with Crippen molar-refractivity contribution in [2.45, 2.75) is 6.54 Å². The van der Waals surface area contributed by atoms with Gasteiger partial charge in [0.05, 0.1) is 19.9 Å². The number of furan rings is 1. The van der Waals surface area contributed by atoms with Crippen LogP contribution in [0.1, 0.15) is 0 Å². The molecule has 8 heteroatoms.